The Balaban J connectivity index is 1.99. The van der Waals surface area contributed by atoms with Gasteiger partial charge in [-0.2, -0.15) is 10.1 Å². The molecule has 29 heavy (non-hydrogen) atoms. The summed E-state index contributed by atoms with van der Waals surface area (Å²) in [5.41, 5.74) is 4.33. The van der Waals surface area contributed by atoms with E-state index >= 15 is 0 Å². The first-order chi connectivity index (χ1) is 13.8. The van der Waals surface area contributed by atoms with Crippen molar-refractivity contribution in [3.8, 4) is 5.75 Å². The number of hydrazone groups is 1. The number of aromatic nitrogens is 4. The Kier molecular flexibility index (Phi) is 5.67. The Morgan fingerprint density at radius 1 is 1.24 bits per heavy atom. The van der Waals surface area contributed by atoms with E-state index in [1.165, 1.54) is 11.6 Å². The van der Waals surface area contributed by atoms with Gasteiger partial charge < -0.3 is 4.74 Å². The van der Waals surface area contributed by atoms with Crippen LogP contribution in [-0.4, -0.2) is 31.5 Å². The van der Waals surface area contributed by atoms with Crippen molar-refractivity contribution in [3.63, 3.8) is 0 Å². The average molecular weight is 396 g/mol. The fourth-order valence-corrected chi connectivity index (χ4v) is 2.94. The van der Waals surface area contributed by atoms with Crippen LogP contribution in [0.5, 0.6) is 5.75 Å². The van der Waals surface area contributed by atoms with Crippen molar-refractivity contribution in [3.05, 3.63) is 62.8 Å². The Hall–Kier alpha value is -3.62. The molecule has 0 amide bonds. The van der Waals surface area contributed by atoms with Crippen LogP contribution in [-0.2, 0) is 20.6 Å². The minimum Gasteiger partial charge on any atom is -0.494 e. The molecule has 0 atom stereocenters. The van der Waals surface area contributed by atoms with Gasteiger partial charge in [0.2, 0.25) is 5.95 Å². The highest BCUT2D eigenvalue weighted by Gasteiger charge is 2.18. The van der Waals surface area contributed by atoms with Crippen molar-refractivity contribution < 1.29 is 4.74 Å². The maximum atomic E-state index is 12.7. The van der Waals surface area contributed by atoms with Crippen molar-refractivity contribution >= 4 is 23.3 Å². The van der Waals surface area contributed by atoms with E-state index in [1.54, 1.807) is 17.8 Å². The van der Waals surface area contributed by atoms with Gasteiger partial charge in [0.1, 0.15) is 5.75 Å². The minimum atomic E-state index is -0.438. The van der Waals surface area contributed by atoms with E-state index < -0.39 is 11.2 Å². The van der Waals surface area contributed by atoms with Gasteiger partial charge in [-0.05, 0) is 43.7 Å². The quantitative estimate of drug-likeness (QED) is 0.374. The Morgan fingerprint density at radius 3 is 2.55 bits per heavy atom. The molecule has 0 saturated carbocycles. The largest absolute Gasteiger partial charge is 0.494 e. The number of hydrogen-bond acceptors (Lipinski definition) is 6. The SMILES string of the molecule is C=C(C)Cn1c(NN=Cc2ccc(OCC)cc2)nc2c1c(=O)n(C)c(=O)n2C. The molecular weight excluding hydrogens is 372 g/mol. The molecule has 0 bridgehead atoms. The number of fused-ring (bicyclic) bond motifs is 1. The van der Waals surface area contributed by atoms with E-state index in [0.29, 0.717) is 24.6 Å². The fraction of sp³-hybridized carbons (Fsp3) is 0.300. The molecule has 152 valence electrons. The Morgan fingerprint density at radius 2 is 1.93 bits per heavy atom. The number of rotatable bonds is 7. The molecule has 0 aliphatic carbocycles. The molecule has 0 radical (unpaired) electrons. The van der Waals surface area contributed by atoms with Gasteiger partial charge in [-0.25, -0.2) is 10.2 Å². The van der Waals surface area contributed by atoms with Crippen molar-refractivity contribution in [1.29, 1.82) is 0 Å². The zero-order valence-corrected chi connectivity index (χ0v) is 17.0. The van der Waals surface area contributed by atoms with E-state index in [1.807, 2.05) is 38.1 Å². The number of imidazole rings is 1. The molecule has 9 heteroatoms. The van der Waals surface area contributed by atoms with E-state index in [-0.39, 0.29) is 5.65 Å². The molecule has 0 aliphatic heterocycles. The maximum Gasteiger partial charge on any atom is 0.332 e. The van der Waals surface area contributed by atoms with Gasteiger partial charge in [-0.1, -0.05) is 12.2 Å². The van der Waals surface area contributed by atoms with Gasteiger partial charge in [-0.15, -0.1) is 0 Å². The van der Waals surface area contributed by atoms with Crippen LogP contribution in [0.15, 0.2) is 51.1 Å². The Labute approximate surface area is 167 Å². The molecule has 1 aromatic carbocycles. The number of nitrogens with zero attached hydrogens (tertiary/aromatic N) is 5. The van der Waals surface area contributed by atoms with Crippen LogP contribution in [0.25, 0.3) is 11.2 Å². The summed E-state index contributed by atoms with van der Waals surface area (Å²) < 4.78 is 9.50. The number of aryl methyl sites for hydroxylation is 1. The summed E-state index contributed by atoms with van der Waals surface area (Å²) in [4.78, 5) is 29.3. The van der Waals surface area contributed by atoms with Crippen LogP contribution < -0.4 is 21.4 Å². The molecule has 2 aromatic heterocycles. The van der Waals surface area contributed by atoms with E-state index in [0.717, 1.165) is 21.5 Å². The normalized spacial score (nSPS) is 11.3. The molecule has 0 unspecified atom stereocenters. The van der Waals surface area contributed by atoms with E-state index in [2.05, 4.69) is 22.1 Å². The summed E-state index contributed by atoms with van der Waals surface area (Å²) in [7, 11) is 3.02. The number of ether oxygens (including phenoxy) is 1. The van der Waals surface area contributed by atoms with E-state index in [4.69, 9.17) is 4.74 Å². The van der Waals surface area contributed by atoms with Crippen LogP contribution in [0.2, 0.25) is 0 Å². The lowest BCUT2D eigenvalue weighted by Gasteiger charge is -2.08. The van der Waals surface area contributed by atoms with Crippen LogP contribution in [0.4, 0.5) is 5.95 Å². The van der Waals surface area contributed by atoms with Crippen LogP contribution in [0, 0.1) is 0 Å². The molecular formula is C20H24N6O3. The van der Waals surface area contributed by atoms with Gasteiger partial charge in [-0.3, -0.25) is 18.5 Å². The number of benzene rings is 1. The van der Waals surface area contributed by atoms with Crippen LogP contribution >= 0.6 is 0 Å². The van der Waals surface area contributed by atoms with E-state index in [9.17, 15) is 9.59 Å². The monoisotopic (exact) mass is 396 g/mol. The summed E-state index contributed by atoms with van der Waals surface area (Å²) in [5.74, 6) is 1.14. The Bertz CT molecular complexity index is 1200. The predicted molar refractivity (Wildman–Crippen MR) is 114 cm³/mol. The van der Waals surface area contributed by atoms with Gasteiger partial charge in [0.25, 0.3) is 5.56 Å². The summed E-state index contributed by atoms with van der Waals surface area (Å²) in [5, 5.41) is 4.23. The van der Waals surface area contributed by atoms with Crippen molar-refractivity contribution in [2.24, 2.45) is 19.2 Å². The zero-order chi connectivity index (χ0) is 21.1. The highest BCUT2D eigenvalue weighted by Crippen LogP contribution is 2.17. The minimum absolute atomic E-state index is 0.290. The second-order valence-electron chi connectivity index (χ2n) is 6.73. The molecule has 9 nitrogen and oxygen atoms in total. The third-order valence-corrected chi connectivity index (χ3v) is 4.35. The van der Waals surface area contributed by atoms with Crippen molar-refractivity contribution in [2.75, 3.05) is 12.0 Å². The molecule has 2 heterocycles. The molecule has 0 saturated heterocycles. The summed E-state index contributed by atoms with van der Waals surface area (Å²) in [6.07, 6.45) is 1.64. The first-order valence-electron chi connectivity index (χ1n) is 9.16. The standard InChI is InChI=1S/C20H24N6O3/c1-6-29-15-9-7-14(8-10-15)11-21-23-19-22-17-16(26(19)12-13(2)3)18(27)25(5)20(28)24(17)4/h7-11H,2,6,12H2,1,3-5H3,(H,22,23). The van der Waals surface area contributed by atoms with Gasteiger partial charge in [0.15, 0.2) is 11.2 Å². The molecule has 3 aromatic rings. The summed E-state index contributed by atoms with van der Waals surface area (Å²) >= 11 is 0. The molecule has 3 rings (SSSR count). The topological polar surface area (TPSA) is 95.4 Å². The maximum absolute atomic E-state index is 12.7. The van der Waals surface area contributed by atoms with Crippen LogP contribution in [0.1, 0.15) is 19.4 Å². The third-order valence-electron chi connectivity index (χ3n) is 4.35. The number of anilines is 1. The lowest BCUT2D eigenvalue weighted by molar-refractivity contribution is 0.340. The second kappa shape index (κ2) is 8.17. The predicted octanol–water partition coefficient (Wildman–Crippen LogP) is 1.85. The van der Waals surface area contributed by atoms with Crippen molar-refractivity contribution in [1.82, 2.24) is 18.7 Å². The smallest absolute Gasteiger partial charge is 0.332 e. The van der Waals surface area contributed by atoms with Gasteiger partial charge in [0.05, 0.1) is 12.8 Å². The second-order valence-corrected chi connectivity index (χ2v) is 6.73. The summed E-state index contributed by atoms with van der Waals surface area (Å²) in [6.45, 7) is 8.67. The van der Waals surface area contributed by atoms with Gasteiger partial charge in [0, 0.05) is 20.6 Å². The number of allylic oxidation sites excluding steroid dienone is 1. The molecule has 0 fully saturated rings. The molecule has 1 N–H and O–H groups in total. The van der Waals surface area contributed by atoms with Crippen LogP contribution in [0.3, 0.4) is 0 Å². The average Bonchev–Trinajstić information content (AvgIpc) is 3.04. The number of hydrogen-bond donors (Lipinski definition) is 1. The lowest BCUT2D eigenvalue weighted by atomic mass is 10.2. The highest BCUT2D eigenvalue weighted by molar-refractivity contribution is 5.80. The first-order valence-corrected chi connectivity index (χ1v) is 9.16. The third kappa shape index (κ3) is 3.98. The highest BCUT2D eigenvalue weighted by atomic mass is 16.5. The van der Waals surface area contributed by atoms with Gasteiger partial charge >= 0.3 is 5.69 Å². The first kappa shape index (κ1) is 20.1. The molecule has 0 spiro atoms. The molecule has 0 aliphatic rings. The lowest BCUT2D eigenvalue weighted by Crippen LogP contribution is -2.37. The zero-order valence-electron chi connectivity index (χ0n) is 17.0. The fourth-order valence-electron chi connectivity index (χ4n) is 2.94. The number of nitrogens with one attached hydrogen (secondary N) is 1. The summed E-state index contributed by atoms with van der Waals surface area (Å²) in [6, 6.07) is 7.49. The van der Waals surface area contributed by atoms with Crippen molar-refractivity contribution in [2.45, 2.75) is 20.4 Å².